The zero-order chi connectivity index (χ0) is 14.8. The number of pyridine rings is 1. The number of aryl methyl sites for hydroxylation is 1. The van der Waals surface area contributed by atoms with Crippen LogP contribution in [0.5, 0.6) is 0 Å². The SMILES string of the molecule is Cc1ccc(C(=O)Nc2cccc3cccnc23)c(I)c1. The second-order valence-corrected chi connectivity index (χ2v) is 5.98. The molecular weight excluding hydrogens is 375 g/mol. The zero-order valence-electron chi connectivity index (χ0n) is 11.4. The van der Waals surface area contributed by atoms with Gasteiger partial charge in [-0.05, 0) is 53.8 Å². The first-order valence-electron chi connectivity index (χ1n) is 6.56. The Balaban J connectivity index is 1.97. The van der Waals surface area contributed by atoms with Gasteiger partial charge in [0, 0.05) is 15.2 Å². The number of halogens is 1. The normalized spacial score (nSPS) is 10.6. The summed E-state index contributed by atoms with van der Waals surface area (Å²) in [4.78, 5) is 16.8. The van der Waals surface area contributed by atoms with Crippen molar-refractivity contribution in [3.63, 3.8) is 0 Å². The van der Waals surface area contributed by atoms with E-state index in [4.69, 9.17) is 0 Å². The third kappa shape index (κ3) is 2.90. The average molecular weight is 388 g/mol. The molecule has 1 heterocycles. The second kappa shape index (κ2) is 5.81. The highest BCUT2D eigenvalue weighted by atomic mass is 127. The van der Waals surface area contributed by atoms with Gasteiger partial charge in [0.1, 0.15) is 0 Å². The average Bonchev–Trinajstić information content (AvgIpc) is 2.47. The number of anilines is 1. The molecule has 1 N–H and O–H groups in total. The molecule has 0 fully saturated rings. The van der Waals surface area contributed by atoms with Gasteiger partial charge in [0.25, 0.3) is 5.91 Å². The molecule has 3 nitrogen and oxygen atoms in total. The Morgan fingerprint density at radius 1 is 1.14 bits per heavy atom. The number of benzene rings is 2. The van der Waals surface area contributed by atoms with Crippen LogP contribution in [0.4, 0.5) is 5.69 Å². The molecule has 1 aromatic heterocycles. The van der Waals surface area contributed by atoms with Gasteiger partial charge in [0.05, 0.1) is 16.8 Å². The lowest BCUT2D eigenvalue weighted by atomic mass is 10.1. The van der Waals surface area contributed by atoms with Crippen LogP contribution in [0.3, 0.4) is 0 Å². The summed E-state index contributed by atoms with van der Waals surface area (Å²) in [6.07, 6.45) is 1.73. The van der Waals surface area contributed by atoms with E-state index in [1.165, 1.54) is 0 Å². The van der Waals surface area contributed by atoms with E-state index in [2.05, 4.69) is 32.9 Å². The molecule has 0 spiro atoms. The number of carbonyl (C=O) groups excluding carboxylic acids is 1. The molecule has 104 valence electrons. The molecule has 0 aliphatic rings. The van der Waals surface area contributed by atoms with Gasteiger partial charge in [-0.2, -0.15) is 0 Å². The number of aromatic nitrogens is 1. The molecule has 0 aliphatic heterocycles. The van der Waals surface area contributed by atoms with E-state index in [0.29, 0.717) is 5.56 Å². The predicted molar refractivity (Wildman–Crippen MR) is 93.6 cm³/mol. The number of amides is 1. The summed E-state index contributed by atoms with van der Waals surface area (Å²) in [6, 6.07) is 15.4. The smallest absolute Gasteiger partial charge is 0.256 e. The molecule has 2 aromatic carbocycles. The van der Waals surface area contributed by atoms with Crippen LogP contribution in [0.1, 0.15) is 15.9 Å². The van der Waals surface area contributed by atoms with Crippen molar-refractivity contribution in [1.29, 1.82) is 0 Å². The number of hydrogen-bond acceptors (Lipinski definition) is 2. The monoisotopic (exact) mass is 388 g/mol. The van der Waals surface area contributed by atoms with Gasteiger partial charge >= 0.3 is 0 Å². The third-order valence-corrected chi connectivity index (χ3v) is 4.14. The minimum Gasteiger partial charge on any atom is -0.320 e. The van der Waals surface area contributed by atoms with Crippen LogP contribution in [0.15, 0.2) is 54.7 Å². The van der Waals surface area contributed by atoms with Gasteiger partial charge < -0.3 is 5.32 Å². The van der Waals surface area contributed by atoms with E-state index < -0.39 is 0 Å². The number of hydrogen-bond donors (Lipinski definition) is 1. The molecule has 0 unspecified atom stereocenters. The molecule has 0 bridgehead atoms. The molecule has 3 aromatic rings. The van der Waals surface area contributed by atoms with E-state index >= 15 is 0 Å². The Bertz CT molecular complexity index is 825. The fraction of sp³-hybridized carbons (Fsp3) is 0.0588. The van der Waals surface area contributed by atoms with Crippen molar-refractivity contribution >= 4 is 45.1 Å². The summed E-state index contributed by atoms with van der Waals surface area (Å²) in [5.74, 6) is -0.113. The standard InChI is InChI=1S/C17H13IN2O/c1-11-7-8-13(14(18)10-11)17(21)20-15-6-2-4-12-5-3-9-19-16(12)15/h2-10H,1H3,(H,20,21). The summed E-state index contributed by atoms with van der Waals surface area (Å²) in [5, 5.41) is 3.96. The number of nitrogens with one attached hydrogen (secondary N) is 1. The number of nitrogens with zero attached hydrogens (tertiary/aromatic N) is 1. The van der Waals surface area contributed by atoms with Crippen molar-refractivity contribution in [3.05, 3.63) is 69.4 Å². The van der Waals surface area contributed by atoms with Crippen molar-refractivity contribution in [2.45, 2.75) is 6.92 Å². The Labute approximate surface area is 136 Å². The third-order valence-electron chi connectivity index (χ3n) is 3.25. The first-order chi connectivity index (χ1) is 10.1. The first-order valence-corrected chi connectivity index (χ1v) is 7.64. The Morgan fingerprint density at radius 2 is 1.95 bits per heavy atom. The van der Waals surface area contributed by atoms with Crippen LogP contribution in [0.2, 0.25) is 0 Å². The van der Waals surface area contributed by atoms with Gasteiger partial charge in [0.2, 0.25) is 0 Å². The van der Waals surface area contributed by atoms with Gasteiger partial charge in [-0.1, -0.05) is 29.8 Å². The quantitative estimate of drug-likeness (QED) is 0.662. The molecule has 1 amide bonds. The van der Waals surface area contributed by atoms with Gasteiger partial charge in [0.15, 0.2) is 0 Å². The Hall–Kier alpha value is -1.95. The van der Waals surface area contributed by atoms with Crippen LogP contribution < -0.4 is 5.32 Å². The number of carbonyl (C=O) groups is 1. The molecule has 0 saturated heterocycles. The fourth-order valence-corrected chi connectivity index (χ4v) is 3.11. The van der Waals surface area contributed by atoms with Crippen molar-refractivity contribution in [3.8, 4) is 0 Å². The topological polar surface area (TPSA) is 42.0 Å². The molecule has 0 saturated carbocycles. The number of fused-ring (bicyclic) bond motifs is 1. The highest BCUT2D eigenvalue weighted by Gasteiger charge is 2.12. The minimum absolute atomic E-state index is 0.113. The number of para-hydroxylation sites is 1. The van der Waals surface area contributed by atoms with Crippen molar-refractivity contribution < 1.29 is 4.79 Å². The minimum atomic E-state index is -0.113. The lowest BCUT2D eigenvalue weighted by Crippen LogP contribution is -2.14. The second-order valence-electron chi connectivity index (χ2n) is 4.82. The molecule has 21 heavy (non-hydrogen) atoms. The van der Waals surface area contributed by atoms with Gasteiger partial charge in [-0.25, -0.2) is 0 Å². The molecule has 0 aliphatic carbocycles. The predicted octanol–water partition coefficient (Wildman–Crippen LogP) is 4.40. The maximum atomic E-state index is 12.4. The highest BCUT2D eigenvalue weighted by molar-refractivity contribution is 14.1. The summed E-state index contributed by atoms with van der Waals surface area (Å²) in [7, 11) is 0. The van der Waals surface area contributed by atoms with E-state index in [1.54, 1.807) is 6.20 Å². The summed E-state index contributed by atoms with van der Waals surface area (Å²) in [6.45, 7) is 2.01. The molecule has 0 radical (unpaired) electrons. The van der Waals surface area contributed by atoms with Crippen LogP contribution in [0, 0.1) is 10.5 Å². The first kappa shape index (κ1) is 14.0. The Morgan fingerprint density at radius 3 is 2.76 bits per heavy atom. The van der Waals surface area contributed by atoms with Gasteiger partial charge in [-0.15, -0.1) is 0 Å². The van der Waals surface area contributed by atoms with Crippen molar-refractivity contribution in [2.24, 2.45) is 0 Å². The van der Waals surface area contributed by atoms with E-state index in [9.17, 15) is 4.79 Å². The summed E-state index contributed by atoms with van der Waals surface area (Å²) in [5.41, 5.74) is 3.35. The van der Waals surface area contributed by atoms with Crippen LogP contribution in [-0.4, -0.2) is 10.9 Å². The fourth-order valence-electron chi connectivity index (χ4n) is 2.20. The Kier molecular flexibility index (Phi) is 3.88. The molecular formula is C17H13IN2O. The lowest BCUT2D eigenvalue weighted by molar-refractivity contribution is 0.102. The van der Waals surface area contributed by atoms with E-state index in [-0.39, 0.29) is 5.91 Å². The van der Waals surface area contributed by atoms with Gasteiger partial charge in [-0.3, -0.25) is 9.78 Å². The maximum Gasteiger partial charge on any atom is 0.256 e. The molecule has 0 atom stereocenters. The molecule has 4 heteroatoms. The van der Waals surface area contributed by atoms with Crippen LogP contribution in [-0.2, 0) is 0 Å². The molecule has 3 rings (SSSR count). The van der Waals surface area contributed by atoms with E-state index in [1.807, 2.05) is 55.5 Å². The summed E-state index contributed by atoms with van der Waals surface area (Å²) < 4.78 is 0.943. The largest absolute Gasteiger partial charge is 0.320 e. The summed E-state index contributed by atoms with van der Waals surface area (Å²) >= 11 is 2.19. The lowest BCUT2D eigenvalue weighted by Gasteiger charge is -2.09. The van der Waals surface area contributed by atoms with E-state index in [0.717, 1.165) is 25.7 Å². The van der Waals surface area contributed by atoms with Crippen LogP contribution in [0.25, 0.3) is 10.9 Å². The highest BCUT2D eigenvalue weighted by Crippen LogP contribution is 2.22. The van der Waals surface area contributed by atoms with Crippen molar-refractivity contribution in [1.82, 2.24) is 4.98 Å². The van der Waals surface area contributed by atoms with Crippen LogP contribution >= 0.6 is 22.6 Å². The zero-order valence-corrected chi connectivity index (χ0v) is 13.6. The van der Waals surface area contributed by atoms with Crippen molar-refractivity contribution in [2.75, 3.05) is 5.32 Å². The number of rotatable bonds is 2. The maximum absolute atomic E-state index is 12.4.